The average Bonchev–Trinajstić information content (AvgIpc) is 2.47. The summed E-state index contributed by atoms with van der Waals surface area (Å²) in [5.74, 6) is 0. The van der Waals surface area contributed by atoms with Gasteiger partial charge in [0.2, 0.25) is 0 Å². The van der Waals surface area contributed by atoms with E-state index in [9.17, 15) is 0 Å². The Bertz CT molecular complexity index is 453. The number of nitrogens with zero attached hydrogens (tertiary/aromatic N) is 1. The smallest absolute Gasteiger partial charge is 0.0299 e. The van der Waals surface area contributed by atoms with Crippen LogP contribution in [0.5, 0.6) is 0 Å². The van der Waals surface area contributed by atoms with Gasteiger partial charge >= 0.3 is 0 Å². The number of aromatic nitrogens is 1. The zero-order valence-corrected chi connectivity index (χ0v) is 11.5. The first kappa shape index (κ1) is 13.8. The van der Waals surface area contributed by atoms with Gasteiger partial charge in [0.15, 0.2) is 0 Å². The summed E-state index contributed by atoms with van der Waals surface area (Å²) in [5, 5.41) is 3.58. The highest BCUT2D eigenvalue weighted by molar-refractivity contribution is 5.16. The second-order valence-electron chi connectivity index (χ2n) is 4.84. The van der Waals surface area contributed by atoms with Crippen molar-refractivity contribution >= 4 is 0 Å². The summed E-state index contributed by atoms with van der Waals surface area (Å²) in [5.41, 5.74) is 2.72. The van der Waals surface area contributed by atoms with Crippen molar-refractivity contribution in [2.24, 2.45) is 0 Å². The van der Waals surface area contributed by atoms with Crippen LogP contribution in [0.4, 0.5) is 0 Å². The number of hydrogen-bond acceptors (Lipinski definition) is 2. The zero-order valence-electron chi connectivity index (χ0n) is 11.5. The van der Waals surface area contributed by atoms with Crippen molar-refractivity contribution in [1.82, 2.24) is 10.3 Å². The van der Waals surface area contributed by atoms with Crippen molar-refractivity contribution in [3.05, 3.63) is 66.0 Å². The summed E-state index contributed by atoms with van der Waals surface area (Å²) in [6.45, 7) is 3.19. The first-order valence-corrected chi connectivity index (χ1v) is 7.04. The van der Waals surface area contributed by atoms with Crippen LogP contribution in [-0.2, 0) is 12.8 Å². The monoisotopic (exact) mass is 254 g/mol. The molecule has 1 aromatic heterocycles. The van der Waals surface area contributed by atoms with Gasteiger partial charge in [-0.05, 0) is 43.0 Å². The van der Waals surface area contributed by atoms with Crippen molar-refractivity contribution in [3.63, 3.8) is 0 Å². The molecule has 100 valence electrons. The van der Waals surface area contributed by atoms with Gasteiger partial charge in [-0.15, -0.1) is 0 Å². The van der Waals surface area contributed by atoms with E-state index in [0.717, 1.165) is 25.8 Å². The van der Waals surface area contributed by atoms with Gasteiger partial charge in [-0.3, -0.25) is 4.98 Å². The largest absolute Gasteiger partial charge is 0.314 e. The maximum atomic E-state index is 4.17. The normalized spacial score (nSPS) is 12.3. The molecule has 0 aliphatic carbocycles. The van der Waals surface area contributed by atoms with E-state index in [0.29, 0.717) is 6.04 Å². The third kappa shape index (κ3) is 4.84. The van der Waals surface area contributed by atoms with Crippen molar-refractivity contribution in [2.75, 3.05) is 6.54 Å². The van der Waals surface area contributed by atoms with Crippen LogP contribution in [0.25, 0.3) is 0 Å². The summed E-state index contributed by atoms with van der Waals surface area (Å²) in [6, 6.07) is 15.4. The summed E-state index contributed by atoms with van der Waals surface area (Å²) in [6.07, 6.45) is 7.11. The molecule has 1 N–H and O–H groups in total. The summed E-state index contributed by atoms with van der Waals surface area (Å²) < 4.78 is 0. The lowest BCUT2D eigenvalue weighted by atomic mass is 9.99. The van der Waals surface area contributed by atoms with Crippen LogP contribution < -0.4 is 5.32 Å². The van der Waals surface area contributed by atoms with Crippen LogP contribution in [0.1, 0.15) is 24.5 Å². The topological polar surface area (TPSA) is 24.9 Å². The summed E-state index contributed by atoms with van der Waals surface area (Å²) in [7, 11) is 0. The Labute approximate surface area is 115 Å². The Morgan fingerprint density at radius 1 is 1.05 bits per heavy atom. The molecular weight excluding hydrogens is 232 g/mol. The second-order valence-corrected chi connectivity index (χ2v) is 4.84. The van der Waals surface area contributed by atoms with E-state index in [4.69, 9.17) is 0 Å². The first-order chi connectivity index (χ1) is 9.38. The van der Waals surface area contributed by atoms with E-state index in [2.05, 4.69) is 53.6 Å². The van der Waals surface area contributed by atoms with E-state index in [1.54, 1.807) is 0 Å². The van der Waals surface area contributed by atoms with E-state index in [1.165, 1.54) is 11.1 Å². The van der Waals surface area contributed by atoms with Gasteiger partial charge in [-0.2, -0.15) is 0 Å². The van der Waals surface area contributed by atoms with Crippen LogP contribution in [0.2, 0.25) is 0 Å². The number of benzene rings is 1. The molecule has 0 saturated heterocycles. The molecule has 2 aromatic rings. The minimum absolute atomic E-state index is 0.535. The number of nitrogens with one attached hydrogen (secondary N) is 1. The highest BCUT2D eigenvalue weighted by Crippen LogP contribution is 2.09. The quantitative estimate of drug-likeness (QED) is 0.820. The van der Waals surface area contributed by atoms with Crippen LogP contribution in [0.3, 0.4) is 0 Å². The van der Waals surface area contributed by atoms with Gasteiger partial charge in [0.05, 0.1) is 0 Å². The molecule has 0 fully saturated rings. The Kier molecular flexibility index (Phi) is 5.57. The molecule has 1 aromatic carbocycles. The fraction of sp³-hybridized carbons (Fsp3) is 0.353. The molecule has 0 radical (unpaired) electrons. The van der Waals surface area contributed by atoms with Crippen molar-refractivity contribution < 1.29 is 0 Å². The Balaban J connectivity index is 1.89. The predicted molar refractivity (Wildman–Crippen MR) is 80.2 cm³/mol. The lowest BCUT2D eigenvalue weighted by molar-refractivity contribution is 0.491. The molecule has 2 heteroatoms. The fourth-order valence-corrected chi connectivity index (χ4v) is 2.35. The Hall–Kier alpha value is -1.67. The van der Waals surface area contributed by atoms with Crippen LogP contribution in [0.15, 0.2) is 54.9 Å². The molecular formula is C17H22N2. The van der Waals surface area contributed by atoms with Gasteiger partial charge in [0, 0.05) is 18.4 Å². The molecule has 1 heterocycles. The second kappa shape index (κ2) is 7.70. The lowest BCUT2D eigenvalue weighted by Crippen LogP contribution is -2.31. The third-order valence-electron chi connectivity index (χ3n) is 3.32. The number of likely N-dealkylation sites (N-methyl/N-ethyl adjacent to an activating group) is 1. The minimum Gasteiger partial charge on any atom is -0.314 e. The fourth-order valence-electron chi connectivity index (χ4n) is 2.35. The summed E-state index contributed by atoms with van der Waals surface area (Å²) in [4.78, 5) is 4.17. The van der Waals surface area contributed by atoms with Crippen LogP contribution in [-0.4, -0.2) is 17.6 Å². The van der Waals surface area contributed by atoms with E-state index >= 15 is 0 Å². The molecule has 0 aliphatic heterocycles. The standard InChI is InChI=1S/C17H22N2/c1-2-19-17(13-15-7-4-3-5-8-15)11-10-16-9-6-12-18-14-16/h3-9,12,14,17,19H,2,10-11,13H2,1H3. The van der Waals surface area contributed by atoms with Crippen molar-refractivity contribution in [3.8, 4) is 0 Å². The molecule has 1 atom stereocenters. The number of rotatable bonds is 7. The molecule has 19 heavy (non-hydrogen) atoms. The van der Waals surface area contributed by atoms with E-state index < -0.39 is 0 Å². The highest BCUT2D eigenvalue weighted by Gasteiger charge is 2.08. The molecule has 0 saturated carbocycles. The zero-order chi connectivity index (χ0) is 13.3. The summed E-state index contributed by atoms with van der Waals surface area (Å²) >= 11 is 0. The van der Waals surface area contributed by atoms with Gasteiger partial charge in [0.25, 0.3) is 0 Å². The van der Waals surface area contributed by atoms with Gasteiger partial charge < -0.3 is 5.32 Å². The maximum absolute atomic E-state index is 4.17. The SMILES string of the molecule is CCNC(CCc1cccnc1)Cc1ccccc1. The highest BCUT2D eigenvalue weighted by atomic mass is 14.9. The first-order valence-electron chi connectivity index (χ1n) is 7.04. The molecule has 0 amide bonds. The molecule has 0 bridgehead atoms. The van der Waals surface area contributed by atoms with Crippen molar-refractivity contribution in [1.29, 1.82) is 0 Å². The van der Waals surface area contributed by atoms with Gasteiger partial charge in [-0.1, -0.05) is 43.3 Å². The Morgan fingerprint density at radius 3 is 2.53 bits per heavy atom. The van der Waals surface area contributed by atoms with Crippen LogP contribution in [0, 0.1) is 0 Å². The molecule has 2 rings (SSSR count). The van der Waals surface area contributed by atoms with E-state index in [-0.39, 0.29) is 0 Å². The number of aryl methyl sites for hydroxylation is 1. The third-order valence-corrected chi connectivity index (χ3v) is 3.32. The predicted octanol–water partition coefficient (Wildman–Crippen LogP) is 3.24. The average molecular weight is 254 g/mol. The van der Waals surface area contributed by atoms with Crippen LogP contribution >= 0.6 is 0 Å². The lowest BCUT2D eigenvalue weighted by Gasteiger charge is -2.18. The number of hydrogen-bond donors (Lipinski definition) is 1. The molecule has 2 nitrogen and oxygen atoms in total. The maximum Gasteiger partial charge on any atom is 0.0299 e. The van der Waals surface area contributed by atoms with Gasteiger partial charge in [0.1, 0.15) is 0 Å². The number of pyridine rings is 1. The Morgan fingerprint density at radius 2 is 1.84 bits per heavy atom. The van der Waals surface area contributed by atoms with Crippen molar-refractivity contribution in [2.45, 2.75) is 32.2 Å². The molecule has 0 aliphatic rings. The van der Waals surface area contributed by atoms with Gasteiger partial charge in [-0.25, -0.2) is 0 Å². The molecule has 0 spiro atoms. The minimum atomic E-state index is 0.535. The molecule has 1 unspecified atom stereocenters. The van der Waals surface area contributed by atoms with E-state index in [1.807, 2.05) is 18.5 Å².